The molecule has 0 spiro atoms. The van der Waals surface area contributed by atoms with Crippen LogP contribution in [0.15, 0.2) is 11.6 Å². The van der Waals surface area contributed by atoms with Crippen LogP contribution in [0.25, 0.3) is 0 Å². The second-order valence-electron chi connectivity index (χ2n) is 7.65. The highest BCUT2D eigenvalue weighted by atomic mass is 16.6. The number of hydrogen-bond donors (Lipinski definition) is 1. The van der Waals surface area contributed by atoms with Crippen LogP contribution in [0, 0.1) is 11.8 Å². The van der Waals surface area contributed by atoms with Crippen molar-refractivity contribution in [2.75, 3.05) is 6.54 Å². The largest absolute Gasteiger partial charge is 0.480 e. The first-order chi connectivity index (χ1) is 10.5. The summed E-state index contributed by atoms with van der Waals surface area (Å²) in [7, 11) is 0. The van der Waals surface area contributed by atoms with Crippen molar-refractivity contribution in [2.24, 2.45) is 11.8 Å². The van der Waals surface area contributed by atoms with Crippen LogP contribution < -0.4 is 0 Å². The number of nitrogens with zero attached hydrogens (tertiary/aromatic N) is 1. The van der Waals surface area contributed by atoms with Crippen molar-refractivity contribution < 1.29 is 19.4 Å². The molecule has 0 aliphatic heterocycles. The Labute approximate surface area is 139 Å². The van der Waals surface area contributed by atoms with Crippen LogP contribution in [-0.4, -0.2) is 40.3 Å². The first-order valence-corrected chi connectivity index (χ1v) is 8.44. The van der Waals surface area contributed by atoms with Crippen molar-refractivity contribution in [1.82, 2.24) is 4.90 Å². The van der Waals surface area contributed by atoms with Crippen molar-refractivity contribution in [3.8, 4) is 0 Å². The number of ether oxygens (including phenoxy) is 1. The lowest BCUT2D eigenvalue weighted by Crippen LogP contribution is -2.51. The molecule has 1 rings (SSSR count). The third-order valence-corrected chi connectivity index (χ3v) is 3.96. The number of rotatable bonds is 5. The molecule has 0 aromatic heterocycles. The minimum absolute atomic E-state index is 0.0773. The van der Waals surface area contributed by atoms with E-state index in [9.17, 15) is 14.7 Å². The van der Waals surface area contributed by atoms with Gasteiger partial charge in [0.15, 0.2) is 0 Å². The monoisotopic (exact) mass is 325 g/mol. The Kier molecular flexibility index (Phi) is 6.66. The number of carbonyl (C=O) groups excluding carboxylic acids is 1. The fourth-order valence-corrected chi connectivity index (χ4v) is 3.33. The summed E-state index contributed by atoms with van der Waals surface area (Å²) in [5.41, 5.74) is 0.558. The Morgan fingerprint density at radius 3 is 2.48 bits per heavy atom. The maximum absolute atomic E-state index is 12.5. The molecule has 0 radical (unpaired) electrons. The van der Waals surface area contributed by atoms with E-state index in [1.54, 1.807) is 20.8 Å². The van der Waals surface area contributed by atoms with Crippen molar-refractivity contribution in [3.63, 3.8) is 0 Å². The molecule has 0 saturated carbocycles. The van der Waals surface area contributed by atoms with E-state index >= 15 is 0 Å². The number of amides is 1. The van der Waals surface area contributed by atoms with E-state index in [-0.39, 0.29) is 5.92 Å². The standard InChI is InChI=1S/C18H31NO4/c1-7-8-19(17(22)23-18(4,5)6)15(16(20)21)14-10-12(2)9-13(3)11-14/h9,12,14-15H,7-8,10-11H2,1-6H3,(H,20,21). The first-order valence-electron chi connectivity index (χ1n) is 8.44. The van der Waals surface area contributed by atoms with Gasteiger partial charge in [-0.3, -0.25) is 4.90 Å². The van der Waals surface area contributed by atoms with Gasteiger partial charge in [0, 0.05) is 6.54 Å². The predicted molar refractivity (Wildman–Crippen MR) is 90.3 cm³/mol. The summed E-state index contributed by atoms with van der Waals surface area (Å²) in [4.78, 5) is 25.9. The number of hydrogen-bond acceptors (Lipinski definition) is 3. The maximum atomic E-state index is 12.5. The van der Waals surface area contributed by atoms with E-state index in [1.807, 2.05) is 13.8 Å². The smallest absolute Gasteiger partial charge is 0.411 e. The van der Waals surface area contributed by atoms with E-state index < -0.39 is 23.7 Å². The van der Waals surface area contributed by atoms with Crippen molar-refractivity contribution >= 4 is 12.1 Å². The first kappa shape index (κ1) is 19.5. The summed E-state index contributed by atoms with van der Waals surface area (Å²) >= 11 is 0. The molecule has 3 unspecified atom stereocenters. The van der Waals surface area contributed by atoms with Crippen LogP contribution in [0.1, 0.15) is 60.8 Å². The normalized spacial score (nSPS) is 23.0. The number of carboxylic acid groups (broad SMARTS) is 1. The molecule has 3 atom stereocenters. The summed E-state index contributed by atoms with van der Waals surface area (Å²) in [5.74, 6) is -0.694. The third kappa shape index (κ3) is 5.88. The van der Waals surface area contributed by atoms with Crippen molar-refractivity contribution in [2.45, 2.75) is 72.4 Å². The SMILES string of the molecule is CCCN(C(=O)OC(C)(C)C)C(C(=O)O)C1CC(C)=CC(C)C1. The fraction of sp³-hybridized carbons (Fsp3) is 0.778. The average molecular weight is 325 g/mol. The molecule has 0 aromatic rings. The molecule has 23 heavy (non-hydrogen) atoms. The van der Waals surface area contributed by atoms with E-state index in [0.29, 0.717) is 25.3 Å². The molecule has 1 amide bonds. The molecule has 5 heteroatoms. The van der Waals surface area contributed by atoms with Gasteiger partial charge in [-0.2, -0.15) is 0 Å². The van der Waals surface area contributed by atoms with Gasteiger partial charge in [-0.1, -0.05) is 25.5 Å². The van der Waals surface area contributed by atoms with Gasteiger partial charge in [-0.15, -0.1) is 0 Å². The second kappa shape index (κ2) is 7.84. The Morgan fingerprint density at radius 1 is 1.43 bits per heavy atom. The number of carbonyl (C=O) groups is 2. The van der Waals surface area contributed by atoms with Crippen LogP contribution in [0.2, 0.25) is 0 Å². The second-order valence-corrected chi connectivity index (χ2v) is 7.65. The summed E-state index contributed by atoms with van der Waals surface area (Å²) in [5, 5.41) is 9.77. The van der Waals surface area contributed by atoms with Crippen molar-refractivity contribution in [3.05, 3.63) is 11.6 Å². The number of allylic oxidation sites excluding steroid dienone is 2. The van der Waals surface area contributed by atoms with Gasteiger partial charge in [-0.25, -0.2) is 9.59 Å². The lowest BCUT2D eigenvalue weighted by atomic mass is 9.79. The van der Waals surface area contributed by atoms with E-state index in [4.69, 9.17) is 4.74 Å². The van der Waals surface area contributed by atoms with Gasteiger partial charge in [0.2, 0.25) is 0 Å². The summed E-state index contributed by atoms with van der Waals surface area (Å²) in [6.07, 6.45) is 3.83. The topological polar surface area (TPSA) is 66.8 Å². The van der Waals surface area contributed by atoms with Gasteiger partial charge in [0.05, 0.1) is 0 Å². The average Bonchev–Trinajstić information content (AvgIpc) is 2.34. The number of carboxylic acids is 1. The minimum atomic E-state index is -0.948. The fourth-order valence-electron chi connectivity index (χ4n) is 3.33. The van der Waals surface area contributed by atoms with Crippen LogP contribution in [0.5, 0.6) is 0 Å². The van der Waals surface area contributed by atoms with Crippen molar-refractivity contribution in [1.29, 1.82) is 0 Å². The molecule has 0 aromatic carbocycles. The lowest BCUT2D eigenvalue weighted by molar-refractivity contribution is -0.145. The predicted octanol–water partition coefficient (Wildman–Crippen LogP) is 4.08. The van der Waals surface area contributed by atoms with Gasteiger partial charge in [0.25, 0.3) is 0 Å². The van der Waals surface area contributed by atoms with Gasteiger partial charge < -0.3 is 9.84 Å². The maximum Gasteiger partial charge on any atom is 0.411 e. The van der Waals surface area contributed by atoms with E-state index in [2.05, 4.69) is 13.0 Å². The molecule has 0 saturated heterocycles. The quantitative estimate of drug-likeness (QED) is 0.773. The summed E-state index contributed by atoms with van der Waals surface area (Å²) < 4.78 is 5.44. The molecule has 5 nitrogen and oxygen atoms in total. The Balaban J connectivity index is 3.05. The Bertz CT molecular complexity index is 464. The minimum Gasteiger partial charge on any atom is -0.480 e. The highest BCUT2D eigenvalue weighted by Crippen LogP contribution is 2.33. The van der Waals surface area contributed by atoms with Crippen LogP contribution in [0.4, 0.5) is 4.79 Å². The molecule has 132 valence electrons. The molecule has 1 aliphatic carbocycles. The zero-order valence-corrected chi connectivity index (χ0v) is 15.3. The number of aliphatic carboxylic acids is 1. The molecular weight excluding hydrogens is 294 g/mol. The van der Waals surface area contributed by atoms with Crippen LogP contribution in [-0.2, 0) is 9.53 Å². The summed E-state index contributed by atoms with van der Waals surface area (Å²) in [6, 6.07) is -0.837. The summed E-state index contributed by atoms with van der Waals surface area (Å²) in [6.45, 7) is 11.8. The molecule has 0 bridgehead atoms. The van der Waals surface area contributed by atoms with E-state index in [0.717, 1.165) is 6.42 Å². The Morgan fingerprint density at radius 2 is 2.04 bits per heavy atom. The molecule has 1 aliphatic rings. The highest BCUT2D eigenvalue weighted by Gasteiger charge is 2.39. The zero-order valence-electron chi connectivity index (χ0n) is 15.3. The van der Waals surface area contributed by atoms with Gasteiger partial charge >= 0.3 is 12.1 Å². The lowest BCUT2D eigenvalue weighted by Gasteiger charge is -2.37. The molecule has 0 heterocycles. The molecule has 1 N–H and O–H groups in total. The molecule has 0 fully saturated rings. The molecular formula is C18H31NO4. The zero-order chi connectivity index (χ0) is 17.8. The van der Waals surface area contributed by atoms with Gasteiger partial charge in [0.1, 0.15) is 11.6 Å². The van der Waals surface area contributed by atoms with E-state index in [1.165, 1.54) is 10.5 Å². The Hall–Kier alpha value is -1.52. The van der Waals surface area contributed by atoms with Crippen LogP contribution >= 0.6 is 0 Å². The van der Waals surface area contributed by atoms with Gasteiger partial charge in [-0.05, 0) is 58.8 Å². The highest BCUT2D eigenvalue weighted by molar-refractivity contribution is 5.80. The van der Waals surface area contributed by atoms with Crippen LogP contribution in [0.3, 0.4) is 0 Å². The third-order valence-electron chi connectivity index (χ3n) is 3.96.